The normalized spacial score (nSPS) is 8.57. The Morgan fingerprint density at radius 1 is 0.714 bits per heavy atom. The van der Waals surface area contributed by atoms with E-state index in [4.69, 9.17) is 14.8 Å². The monoisotopic (exact) mass is 188 g/mol. The summed E-state index contributed by atoms with van der Waals surface area (Å²) in [5.74, 6) is 0. The average molecular weight is 189 g/mol. The maximum absolute atomic E-state index is 7.38. The van der Waals surface area contributed by atoms with E-state index in [-0.39, 0.29) is 24.8 Å². The Labute approximate surface area is 57.9 Å². The Balaban J connectivity index is -0.0000000800. The van der Waals surface area contributed by atoms with Gasteiger partial charge in [-0.05, 0) is 0 Å². The first-order valence-electron chi connectivity index (χ1n) is 0.894. The molecule has 7 heteroatoms. The number of rotatable bonds is 0. The minimum absolute atomic E-state index is 0. The van der Waals surface area contributed by atoms with Gasteiger partial charge in [0.1, 0.15) is 0 Å². The third kappa shape index (κ3) is 146. The van der Waals surface area contributed by atoms with Gasteiger partial charge < -0.3 is 0 Å². The van der Waals surface area contributed by atoms with Gasteiger partial charge in [0.05, 0.1) is 0 Å². The van der Waals surface area contributed by atoms with E-state index in [9.17, 15) is 0 Å². The molecular formula is H6Cl2O4Ti. The van der Waals surface area contributed by atoms with Gasteiger partial charge in [-0.15, -0.1) is 24.8 Å². The van der Waals surface area contributed by atoms with Gasteiger partial charge in [-0.2, -0.15) is 0 Å². The molecule has 0 fully saturated rings. The molecule has 0 saturated carbocycles. The van der Waals surface area contributed by atoms with Crippen molar-refractivity contribution in [2.75, 3.05) is 0 Å². The summed E-state index contributed by atoms with van der Waals surface area (Å²) < 4.78 is 29.5. The van der Waals surface area contributed by atoms with Crippen LogP contribution in [0.1, 0.15) is 0 Å². The van der Waals surface area contributed by atoms with Crippen LogP contribution in [0.2, 0.25) is 0 Å². The van der Waals surface area contributed by atoms with E-state index < -0.39 is 18.1 Å². The SMILES string of the molecule is Cl.Cl.[OH][Ti]([OH])([OH])[OH]. The first-order valence-corrected chi connectivity index (χ1v) is 3.69. The second-order valence-electron chi connectivity index (χ2n) is 0.600. The van der Waals surface area contributed by atoms with E-state index >= 15 is 0 Å². The molecule has 0 aromatic rings. The Kier molecular flexibility index (Phi) is 11.8. The van der Waals surface area contributed by atoms with Crippen LogP contribution in [0.25, 0.3) is 0 Å². The van der Waals surface area contributed by atoms with Gasteiger partial charge in [0.25, 0.3) is 0 Å². The Morgan fingerprint density at radius 3 is 0.714 bits per heavy atom. The third-order valence-corrected chi connectivity index (χ3v) is 0. The molecule has 0 unspecified atom stereocenters. The van der Waals surface area contributed by atoms with Crippen molar-refractivity contribution in [3.05, 3.63) is 0 Å². The molecule has 0 aliphatic rings. The summed E-state index contributed by atoms with van der Waals surface area (Å²) in [6.45, 7) is 0. The van der Waals surface area contributed by atoms with Crippen LogP contribution in [0.5, 0.6) is 0 Å². The molecular weight excluding hydrogens is 183 g/mol. The van der Waals surface area contributed by atoms with Crippen molar-refractivity contribution >= 4 is 24.8 Å². The van der Waals surface area contributed by atoms with Gasteiger partial charge >= 0.3 is 32.9 Å². The van der Waals surface area contributed by atoms with Crippen molar-refractivity contribution < 1.29 is 32.9 Å². The molecule has 0 amide bonds. The fourth-order valence-corrected chi connectivity index (χ4v) is 0. The zero-order chi connectivity index (χ0) is 4.50. The molecule has 0 aromatic carbocycles. The van der Waals surface area contributed by atoms with Gasteiger partial charge in [-0.25, -0.2) is 0 Å². The van der Waals surface area contributed by atoms with Gasteiger partial charge in [0, 0.05) is 0 Å². The fraction of sp³-hybridized carbons (Fsp3) is 0. The summed E-state index contributed by atoms with van der Waals surface area (Å²) in [5.41, 5.74) is 0. The second kappa shape index (κ2) is 5.27. The van der Waals surface area contributed by atoms with E-state index in [1.54, 1.807) is 0 Å². The van der Waals surface area contributed by atoms with Crippen molar-refractivity contribution in [1.29, 1.82) is 0 Å². The zero-order valence-corrected chi connectivity index (χ0v) is 6.30. The topological polar surface area (TPSA) is 80.9 Å². The van der Waals surface area contributed by atoms with Gasteiger partial charge in [0.2, 0.25) is 0 Å². The van der Waals surface area contributed by atoms with Crippen molar-refractivity contribution in [2.45, 2.75) is 0 Å². The zero-order valence-electron chi connectivity index (χ0n) is 3.11. The summed E-state index contributed by atoms with van der Waals surface area (Å²) in [5, 5.41) is 0. The molecule has 0 rings (SSSR count). The van der Waals surface area contributed by atoms with Crippen molar-refractivity contribution in [3.8, 4) is 0 Å². The molecule has 4 N–H and O–H groups in total. The van der Waals surface area contributed by atoms with Crippen LogP contribution < -0.4 is 0 Å². The molecule has 0 saturated heterocycles. The van der Waals surface area contributed by atoms with Crippen LogP contribution in [-0.2, 0) is 18.1 Å². The van der Waals surface area contributed by atoms with Gasteiger partial charge in [-0.1, -0.05) is 0 Å². The van der Waals surface area contributed by atoms with Crippen molar-refractivity contribution in [2.24, 2.45) is 0 Å². The number of hydrogen-bond acceptors (Lipinski definition) is 4. The molecule has 0 radical (unpaired) electrons. The molecule has 0 aromatic heterocycles. The number of halogens is 2. The van der Waals surface area contributed by atoms with Crippen LogP contribution in [0.4, 0.5) is 0 Å². The third-order valence-electron chi connectivity index (χ3n) is 0. The first kappa shape index (κ1) is 15.7. The average Bonchev–Trinajstić information content (AvgIpc) is 0.722. The Hall–Kier alpha value is 1.13. The van der Waals surface area contributed by atoms with Crippen LogP contribution in [0.15, 0.2) is 0 Å². The second-order valence-corrected chi connectivity index (χ2v) is 2.47. The molecule has 0 heterocycles. The van der Waals surface area contributed by atoms with Crippen LogP contribution in [-0.4, -0.2) is 14.8 Å². The molecule has 0 aliphatic heterocycles. The predicted octanol–water partition coefficient (Wildman–Crippen LogP) is -1.39. The van der Waals surface area contributed by atoms with Gasteiger partial charge in [-0.3, -0.25) is 0 Å². The fourth-order valence-electron chi connectivity index (χ4n) is 0. The first-order chi connectivity index (χ1) is 2.00. The van der Waals surface area contributed by atoms with Crippen LogP contribution in [0, 0.1) is 0 Å². The van der Waals surface area contributed by atoms with Gasteiger partial charge in [0.15, 0.2) is 0 Å². The Bertz CT molecular complexity index is 25.2. The summed E-state index contributed by atoms with van der Waals surface area (Å²) in [4.78, 5) is 0. The maximum atomic E-state index is 7.38. The van der Waals surface area contributed by atoms with E-state index in [0.29, 0.717) is 0 Å². The summed E-state index contributed by atoms with van der Waals surface area (Å²) >= 11 is -5.00. The van der Waals surface area contributed by atoms with E-state index in [2.05, 4.69) is 0 Å². The molecule has 0 atom stereocenters. The molecule has 7 heavy (non-hydrogen) atoms. The molecule has 48 valence electrons. The van der Waals surface area contributed by atoms with E-state index in [0.717, 1.165) is 0 Å². The van der Waals surface area contributed by atoms with Crippen LogP contribution in [0.3, 0.4) is 0 Å². The quantitative estimate of drug-likeness (QED) is 0.353. The van der Waals surface area contributed by atoms with E-state index in [1.165, 1.54) is 0 Å². The Morgan fingerprint density at radius 2 is 0.714 bits per heavy atom. The van der Waals surface area contributed by atoms with Crippen LogP contribution >= 0.6 is 24.8 Å². The van der Waals surface area contributed by atoms with Crippen molar-refractivity contribution in [1.82, 2.24) is 0 Å². The summed E-state index contributed by atoms with van der Waals surface area (Å²) in [7, 11) is 0. The molecule has 4 nitrogen and oxygen atoms in total. The molecule has 0 aliphatic carbocycles. The standard InChI is InChI=1S/2ClH.4H2O.Ti/h2*1H;4*1H2;/q;;;;;;+4/p-4. The molecule has 0 spiro atoms. The van der Waals surface area contributed by atoms with E-state index in [1.807, 2.05) is 0 Å². The molecule has 0 bridgehead atoms. The summed E-state index contributed by atoms with van der Waals surface area (Å²) in [6.07, 6.45) is 0. The van der Waals surface area contributed by atoms with Crippen molar-refractivity contribution in [3.63, 3.8) is 0 Å². The summed E-state index contributed by atoms with van der Waals surface area (Å²) in [6, 6.07) is 0. The number of hydrogen-bond donors (Lipinski definition) is 4. The predicted molar refractivity (Wildman–Crippen MR) is 23.4 cm³/mol. The minimum atomic E-state index is -5.00.